The van der Waals surface area contributed by atoms with Crippen molar-refractivity contribution in [3.05, 3.63) is 0 Å². The van der Waals surface area contributed by atoms with Crippen molar-refractivity contribution in [2.75, 3.05) is 6.61 Å². The van der Waals surface area contributed by atoms with Gasteiger partial charge in [0.15, 0.2) is 0 Å². The summed E-state index contributed by atoms with van der Waals surface area (Å²) in [6.07, 6.45) is 23.1. The summed E-state index contributed by atoms with van der Waals surface area (Å²) in [6, 6.07) is -0.923. The number of aliphatic hydroxyl groups is 2. The molecule has 1 amide bonds. The van der Waals surface area contributed by atoms with Gasteiger partial charge in [0.05, 0.1) is 12.6 Å². The molecule has 0 aromatic rings. The van der Waals surface area contributed by atoms with Crippen LogP contribution in [0.1, 0.15) is 162 Å². The first-order valence-electron chi connectivity index (χ1n) is 15.3. The normalized spacial score (nSPS) is 14.1. The fraction of sp³-hybridized carbons (Fsp3) is 0.967. The third-order valence-electron chi connectivity index (χ3n) is 7.17. The quantitative estimate of drug-likeness (QED) is 0.0994. The lowest BCUT2D eigenvalue weighted by molar-refractivity contribution is -0.123. The summed E-state index contributed by atoms with van der Waals surface area (Å²) in [5.41, 5.74) is 0. The Balaban J connectivity index is 3.75. The van der Waals surface area contributed by atoms with Crippen molar-refractivity contribution in [3.63, 3.8) is 0 Å². The maximum Gasteiger partial charge on any atom is 0.220 e. The van der Waals surface area contributed by atoms with Crippen LogP contribution in [0.2, 0.25) is 0 Å². The molecule has 5 heteroatoms. The molecule has 0 bridgehead atoms. The molecule has 0 rings (SSSR count). The van der Waals surface area contributed by atoms with Crippen LogP contribution in [-0.2, 0) is 4.79 Å². The van der Waals surface area contributed by atoms with Crippen LogP contribution in [0.25, 0.3) is 0 Å². The molecule has 0 unspecified atom stereocenters. The Morgan fingerprint density at radius 1 is 0.657 bits per heavy atom. The van der Waals surface area contributed by atoms with Gasteiger partial charge in [-0.15, -0.1) is 0 Å². The molecule has 0 aromatic carbocycles. The third kappa shape index (κ3) is 22.3. The van der Waals surface area contributed by atoms with Crippen LogP contribution in [0.3, 0.4) is 0 Å². The van der Waals surface area contributed by atoms with Gasteiger partial charge in [0.1, 0.15) is 12.3 Å². The molecule has 3 atom stereocenters. The number of aliphatic hydroxyl groups excluding tert-OH is 2. The monoisotopic (exact) mass is 501 g/mol. The van der Waals surface area contributed by atoms with Gasteiger partial charge in [-0.05, 0) is 12.8 Å². The second-order valence-electron chi connectivity index (χ2n) is 10.6. The predicted molar refractivity (Wildman–Crippen MR) is 147 cm³/mol. The Morgan fingerprint density at radius 2 is 1.03 bits per heavy atom. The number of amides is 1. The Bertz CT molecular complexity index is 449. The van der Waals surface area contributed by atoms with Crippen molar-refractivity contribution < 1.29 is 19.4 Å². The molecule has 35 heavy (non-hydrogen) atoms. The van der Waals surface area contributed by atoms with E-state index in [2.05, 4.69) is 19.2 Å². The molecule has 0 spiro atoms. The van der Waals surface area contributed by atoms with E-state index in [9.17, 15) is 19.4 Å². The van der Waals surface area contributed by atoms with Gasteiger partial charge < -0.3 is 15.5 Å². The van der Waals surface area contributed by atoms with Crippen molar-refractivity contribution in [2.24, 2.45) is 0 Å². The molecular weight excluding hydrogens is 441 g/mol. The molecule has 0 heterocycles. The van der Waals surface area contributed by atoms with Crippen LogP contribution in [0.5, 0.6) is 0 Å². The zero-order valence-corrected chi connectivity index (χ0v) is 23.4. The predicted octanol–water partition coefficient (Wildman–Crippen LogP) is 8.17. The minimum Gasteiger partial charge on any atom is -0.394 e. The summed E-state index contributed by atoms with van der Waals surface area (Å²) in [6.45, 7) is 4.02. The van der Waals surface area contributed by atoms with Gasteiger partial charge in [-0.25, -0.2) is 4.39 Å². The Hall–Kier alpha value is -0.680. The Kier molecular flexibility index (Phi) is 25.9. The fourth-order valence-electron chi connectivity index (χ4n) is 4.72. The van der Waals surface area contributed by atoms with E-state index in [4.69, 9.17) is 0 Å². The van der Waals surface area contributed by atoms with Crippen LogP contribution in [0.15, 0.2) is 0 Å². The number of unbranched alkanes of at least 4 members (excludes halogenated alkanes) is 19. The summed E-state index contributed by atoms with van der Waals surface area (Å²) in [5, 5.41) is 22.5. The molecule has 0 aliphatic rings. The minimum absolute atomic E-state index is 0.205. The molecule has 0 saturated heterocycles. The minimum atomic E-state index is -1.41. The van der Waals surface area contributed by atoms with Crippen molar-refractivity contribution in [1.82, 2.24) is 5.32 Å². The molecule has 3 N–H and O–H groups in total. The van der Waals surface area contributed by atoms with Crippen LogP contribution < -0.4 is 5.32 Å². The first-order chi connectivity index (χ1) is 17.1. The molecule has 0 saturated carbocycles. The van der Waals surface area contributed by atoms with E-state index in [0.717, 1.165) is 38.5 Å². The van der Waals surface area contributed by atoms with Gasteiger partial charge in [0.2, 0.25) is 5.91 Å². The van der Waals surface area contributed by atoms with Crippen molar-refractivity contribution in [1.29, 1.82) is 0 Å². The number of halogens is 1. The van der Waals surface area contributed by atoms with Gasteiger partial charge in [-0.3, -0.25) is 4.79 Å². The number of nitrogens with one attached hydrogen (secondary N) is 1. The topological polar surface area (TPSA) is 69.6 Å². The molecule has 0 aliphatic heterocycles. The van der Waals surface area contributed by atoms with Crippen molar-refractivity contribution >= 4 is 5.91 Å². The van der Waals surface area contributed by atoms with Crippen molar-refractivity contribution in [2.45, 2.75) is 180 Å². The molecular formula is C30H60FNO3. The van der Waals surface area contributed by atoms with Crippen LogP contribution in [0, 0.1) is 0 Å². The SMILES string of the molecule is CCCCCCCCCCCCCC[C@@H](F)[C@H](O)[C@@H](CO)NC(=O)CCCCCCCCCCC. The summed E-state index contributed by atoms with van der Waals surface area (Å²) in [5.74, 6) is -0.205. The number of carbonyl (C=O) groups excluding carboxylic acids is 1. The van der Waals surface area contributed by atoms with Crippen LogP contribution >= 0.6 is 0 Å². The first-order valence-corrected chi connectivity index (χ1v) is 15.3. The number of rotatable bonds is 27. The van der Waals surface area contributed by atoms with E-state index in [0.29, 0.717) is 6.42 Å². The molecule has 210 valence electrons. The Morgan fingerprint density at radius 3 is 1.43 bits per heavy atom. The number of carbonyl (C=O) groups is 1. The highest BCUT2D eigenvalue weighted by Crippen LogP contribution is 2.16. The van der Waals surface area contributed by atoms with E-state index >= 15 is 0 Å². The lowest BCUT2D eigenvalue weighted by Gasteiger charge is -2.25. The molecule has 0 fully saturated rings. The number of hydrogen-bond acceptors (Lipinski definition) is 3. The number of alkyl halides is 1. The summed E-state index contributed by atoms with van der Waals surface area (Å²) in [7, 11) is 0. The summed E-state index contributed by atoms with van der Waals surface area (Å²) in [4.78, 5) is 12.2. The summed E-state index contributed by atoms with van der Waals surface area (Å²) >= 11 is 0. The van der Waals surface area contributed by atoms with E-state index < -0.39 is 24.9 Å². The fourth-order valence-corrected chi connectivity index (χ4v) is 4.72. The highest BCUT2D eigenvalue weighted by atomic mass is 19.1. The largest absolute Gasteiger partial charge is 0.394 e. The molecule has 0 radical (unpaired) electrons. The van der Waals surface area contributed by atoms with Crippen LogP contribution in [-0.4, -0.2) is 41.0 Å². The van der Waals surface area contributed by atoms with E-state index in [1.165, 1.54) is 96.3 Å². The van der Waals surface area contributed by atoms with Crippen LogP contribution in [0.4, 0.5) is 4.39 Å². The van der Waals surface area contributed by atoms with E-state index in [1.807, 2.05) is 0 Å². The van der Waals surface area contributed by atoms with Crippen molar-refractivity contribution in [3.8, 4) is 0 Å². The van der Waals surface area contributed by atoms with E-state index in [-0.39, 0.29) is 12.3 Å². The molecule has 0 aromatic heterocycles. The second kappa shape index (κ2) is 26.4. The van der Waals surface area contributed by atoms with Gasteiger partial charge >= 0.3 is 0 Å². The summed E-state index contributed by atoms with van der Waals surface area (Å²) < 4.78 is 14.5. The average Bonchev–Trinajstić information content (AvgIpc) is 2.86. The lowest BCUT2D eigenvalue weighted by Crippen LogP contribution is -2.49. The second-order valence-corrected chi connectivity index (χ2v) is 10.6. The zero-order chi connectivity index (χ0) is 26.0. The molecule has 0 aliphatic carbocycles. The van der Waals surface area contributed by atoms with Gasteiger partial charge in [-0.1, -0.05) is 142 Å². The highest BCUT2D eigenvalue weighted by Gasteiger charge is 2.28. The maximum absolute atomic E-state index is 14.5. The Labute approximate surface area is 217 Å². The van der Waals surface area contributed by atoms with Gasteiger partial charge in [0.25, 0.3) is 0 Å². The van der Waals surface area contributed by atoms with Gasteiger partial charge in [-0.2, -0.15) is 0 Å². The first kappa shape index (κ1) is 34.3. The average molecular weight is 502 g/mol. The number of hydrogen-bond donors (Lipinski definition) is 3. The highest BCUT2D eigenvalue weighted by molar-refractivity contribution is 5.76. The van der Waals surface area contributed by atoms with E-state index in [1.54, 1.807) is 0 Å². The zero-order valence-electron chi connectivity index (χ0n) is 23.4. The van der Waals surface area contributed by atoms with Gasteiger partial charge in [0, 0.05) is 6.42 Å². The molecule has 4 nitrogen and oxygen atoms in total. The lowest BCUT2D eigenvalue weighted by atomic mass is 10.00. The maximum atomic E-state index is 14.5. The smallest absolute Gasteiger partial charge is 0.220 e. The third-order valence-corrected chi connectivity index (χ3v) is 7.17. The standard InChI is InChI=1S/C30H60FNO3/c1-3-5-7-9-11-13-14-15-17-18-20-22-24-27(31)30(35)28(26-33)32-29(34)25-23-21-19-16-12-10-8-6-4-2/h27-28,30,33,35H,3-26H2,1-2H3,(H,32,34)/t27-,28-,30+/m1/s1.